The maximum Gasteiger partial charge on any atom is 0.341 e. The highest BCUT2D eigenvalue weighted by atomic mass is 32.2. The quantitative estimate of drug-likeness (QED) is 0.0601. The number of nitrogens with one attached hydrogen (secondary N) is 3. The number of ether oxygens (including phenoxy) is 3. The molecule has 0 saturated heterocycles. The van der Waals surface area contributed by atoms with Crippen molar-refractivity contribution < 1.29 is 33.4 Å². The van der Waals surface area contributed by atoms with E-state index in [-0.39, 0.29) is 11.6 Å². The second-order valence-electron chi connectivity index (χ2n) is 11.5. The lowest BCUT2D eigenvalue weighted by Crippen LogP contribution is -2.30. The van der Waals surface area contributed by atoms with Crippen LogP contribution in [0.5, 0.6) is 11.5 Å². The molecule has 4 aromatic rings. The number of esters is 1. The third-order valence-electron chi connectivity index (χ3n) is 8.08. The van der Waals surface area contributed by atoms with Crippen LogP contribution in [0.2, 0.25) is 0 Å². The molecule has 1 unspecified atom stereocenters. The number of hydrogen-bond donors (Lipinski definition) is 3. The van der Waals surface area contributed by atoms with Crippen molar-refractivity contribution >= 4 is 63.6 Å². The number of amides is 3. The van der Waals surface area contributed by atoms with Gasteiger partial charge in [0, 0.05) is 26.6 Å². The summed E-state index contributed by atoms with van der Waals surface area (Å²) in [6.07, 6.45) is 6.33. The molecular formula is C38H39N3O7S2. The van der Waals surface area contributed by atoms with Gasteiger partial charge in [0.1, 0.15) is 10.7 Å². The van der Waals surface area contributed by atoms with Crippen LogP contribution in [-0.2, 0) is 27.2 Å². The second kappa shape index (κ2) is 17.0. The van der Waals surface area contributed by atoms with Crippen LogP contribution in [0.15, 0.2) is 83.4 Å². The summed E-state index contributed by atoms with van der Waals surface area (Å²) in [5.74, 6) is -0.866. The Kier molecular flexibility index (Phi) is 12.3. The Morgan fingerprint density at radius 3 is 2.36 bits per heavy atom. The topological polar surface area (TPSA) is 132 Å². The summed E-state index contributed by atoms with van der Waals surface area (Å²) in [5, 5.41) is 8.57. The molecule has 1 heterocycles. The molecule has 50 heavy (non-hydrogen) atoms. The fraction of sp³-hybridized carbons (Fsp3) is 0.263. The maximum absolute atomic E-state index is 13.7. The number of methoxy groups -OCH3 is 3. The van der Waals surface area contributed by atoms with Gasteiger partial charge >= 0.3 is 5.97 Å². The van der Waals surface area contributed by atoms with Crippen LogP contribution in [0.25, 0.3) is 6.08 Å². The smallest absolute Gasteiger partial charge is 0.341 e. The number of para-hydroxylation sites is 1. The van der Waals surface area contributed by atoms with Gasteiger partial charge in [0.15, 0.2) is 11.5 Å². The zero-order chi connectivity index (χ0) is 35.6. The Morgan fingerprint density at radius 2 is 1.62 bits per heavy atom. The van der Waals surface area contributed by atoms with E-state index in [9.17, 15) is 19.2 Å². The molecule has 1 atom stereocenters. The summed E-state index contributed by atoms with van der Waals surface area (Å²) in [7, 11) is 4.36. The fourth-order valence-electron chi connectivity index (χ4n) is 5.59. The summed E-state index contributed by atoms with van der Waals surface area (Å²) in [4.78, 5) is 54.9. The molecule has 0 bridgehead atoms. The van der Waals surface area contributed by atoms with Crippen molar-refractivity contribution in [3.63, 3.8) is 0 Å². The summed E-state index contributed by atoms with van der Waals surface area (Å²) >= 11 is 2.76. The second-order valence-corrected chi connectivity index (χ2v) is 14.0. The molecule has 0 saturated carbocycles. The van der Waals surface area contributed by atoms with Crippen molar-refractivity contribution in [1.29, 1.82) is 0 Å². The molecule has 0 aliphatic heterocycles. The van der Waals surface area contributed by atoms with Gasteiger partial charge in [-0.25, -0.2) is 4.79 Å². The number of thioether (sulfide) groups is 1. The lowest BCUT2D eigenvalue weighted by Gasteiger charge is -2.15. The number of hydrogen-bond acceptors (Lipinski definition) is 9. The minimum atomic E-state index is -0.570. The molecule has 260 valence electrons. The standard InChI is InChI=1S/C38H39N3O7S2/c1-23(34(42)41-37-32(38(45)48-4)28-18-9-6-10-20-31(28)50-37)49-27-17-12-16-26(22-27)39-36(44)29(40-35(43)24-13-7-5-8-14-24)21-25-15-11-19-30(46-2)33(25)47-3/h5,7-8,11-17,19,21-23H,6,9-10,18,20H2,1-4H3,(H,39,44)(H,40,43)(H,41,42)/b29-21+. The molecule has 10 nitrogen and oxygen atoms in total. The molecule has 0 spiro atoms. The van der Waals surface area contributed by atoms with Gasteiger partial charge in [-0.15, -0.1) is 23.1 Å². The van der Waals surface area contributed by atoms with Crippen LogP contribution in [0.1, 0.15) is 62.9 Å². The predicted octanol–water partition coefficient (Wildman–Crippen LogP) is 7.35. The molecule has 12 heteroatoms. The summed E-state index contributed by atoms with van der Waals surface area (Å²) < 4.78 is 16.0. The van der Waals surface area contributed by atoms with E-state index in [4.69, 9.17) is 14.2 Å². The highest BCUT2D eigenvalue weighted by molar-refractivity contribution is 8.00. The van der Waals surface area contributed by atoms with Gasteiger partial charge in [-0.05, 0) is 80.6 Å². The van der Waals surface area contributed by atoms with E-state index < -0.39 is 23.0 Å². The first-order valence-electron chi connectivity index (χ1n) is 16.1. The Bertz CT molecular complexity index is 1910. The molecular weight excluding hydrogens is 675 g/mol. The molecule has 3 aromatic carbocycles. The van der Waals surface area contributed by atoms with Crippen LogP contribution in [0, 0.1) is 0 Å². The Labute approximate surface area is 299 Å². The molecule has 1 aromatic heterocycles. The third kappa shape index (κ3) is 8.74. The van der Waals surface area contributed by atoms with E-state index in [0.717, 1.165) is 47.4 Å². The number of benzene rings is 3. The van der Waals surface area contributed by atoms with Gasteiger partial charge in [0.25, 0.3) is 11.8 Å². The molecule has 5 rings (SSSR count). The van der Waals surface area contributed by atoms with E-state index in [1.807, 2.05) is 6.07 Å². The highest BCUT2D eigenvalue weighted by Crippen LogP contribution is 2.39. The monoisotopic (exact) mass is 713 g/mol. The van der Waals surface area contributed by atoms with E-state index >= 15 is 0 Å². The van der Waals surface area contributed by atoms with Gasteiger partial charge in [0.2, 0.25) is 5.91 Å². The van der Waals surface area contributed by atoms with E-state index in [1.54, 1.807) is 73.7 Å². The number of thiophene rings is 1. The average Bonchev–Trinajstić information content (AvgIpc) is 3.30. The molecule has 3 N–H and O–H groups in total. The first kappa shape index (κ1) is 36.2. The van der Waals surface area contributed by atoms with Crippen molar-refractivity contribution in [2.24, 2.45) is 0 Å². The largest absolute Gasteiger partial charge is 0.493 e. The molecule has 1 aliphatic carbocycles. The molecule has 1 aliphatic rings. The molecule has 0 radical (unpaired) electrons. The van der Waals surface area contributed by atoms with E-state index in [0.29, 0.717) is 38.9 Å². The maximum atomic E-state index is 13.7. The average molecular weight is 714 g/mol. The first-order chi connectivity index (χ1) is 24.2. The van der Waals surface area contributed by atoms with E-state index in [1.165, 1.54) is 50.5 Å². The minimum absolute atomic E-state index is 0.0213. The van der Waals surface area contributed by atoms with Gasteiger partial charge < -0.3 is 30.2 Å². The summed E-state index contributed by atoms with van der Waals surface area (Å²) in [6.45, 7) is 1.78. The van der Waals surface area contributed by atoms with Gasteiger partial charge in [0.05, 0.1) is 32.1 Å². The third-order valence-corrected chi connectivity index (χ3v) is 10.4. The SMILES string of the molecule is COC(=O)c1c(NC(=O)C(C)Sc2cccc(NC(=O)/C(=C\c3cccc(OC)c3OC)NC(=O)c3ccccc3)c2)sc2c1CCCCC2. The molecule has 3 amide bonds. The Balaban J connectivity index is 1.33. The number of carbonyl (C=O) groups excluding carboxylic acids is 4. The van der Waals surface area contributed by atoms with Gasteiger partial charge in [-0.3, -0.25) is 14.4 Å². The Morgan fingerprint density at radius 1 is 0.860 bits per heavy atom. The van der Waals surface area contributed by atoms with Crippen molar-refractivity contribution in [3.8, 4) is 11.5 Å². The number of anilines is 2. The summed E-state index contributed by atoms with van der Waals surface area (Å²) in [6, 6.07) is 20.9. The van der Waals surface area contributed by atoms with Crippen LogP contribution in [0.4, 0.5) is 10.7 Å². The van der Waals surface area contributed by atoms with E-state index in [2.05, 4.69) is 16.0 Å². The van der Waals surface area contributed by atoms with Crippen molar-refractivity contribution in [1.82, 2.24) is 5.32 Å². The minimum Gasteiger partial charge on any atom is -0.493 e. The van der Waals surface area contributed by atoms with Gasteiger partial charge in [-0.1, -0.05) is 42.8 Å². The zero-order valence-electron chi connectivity index (χ0n) is 28.3. The number of carbonyl (C=O) groups is 4. The lowest BCUT2D eigenvalue weighted by atomic mass is 10.1. The summed E-state index contributed by atoms with van der Waals surface area (Å²) in [5.41, 5.74) is 2.78. The van der Waals surface area contributed by atoms with Gasteiger partial charge in [-0.2, -0.15) is 0 Å². The van der Waals surface area contributed by atoms with Crippen LogP contribution < -0.4 is 25.4 Å². The molecule has 0 fully saturated rings. The lowest BCUT2D eigenvalue weighted by molar-refractivity contribution is -0.115. The number of fused-ring (bicyclic) bond motifs is 1. The fourth-order valence-corrected chi connectivity index (χ4v) is 7.80. The Hall–Kier alpha value is -5.07. The number of aryl methyl sites for hydroxylation is 1. The van der Waals surface area contributed by atoms with Crippen LogP contribution in [0.3, 0.4) is 0 Å². The number of rotatable bonds is 12. The van der Waals surface area contributed by atoms with Crippen molar-refractivity contribution in [2.75, 3.05) is 32.0 Å². The highest BCUT2D eigenvalue weighted by Gasteiger charge is 2.27. The first-order valence-corrected chi connectivity index (χ1v) is 17.8. The van der Waals surface area contributed by atoms with Crippen LogP contribution in [-0.4, -0.2) is 50.3 Å². The predicted molar refractivity (Wildman–Crippen MR) is 197 cm³/mol. The normalized spacial score (nSPS) is 13.2. The van der Waals surface area contributed by atoms with Crippen LogP contribution >= 0.6 is 23.1 Å². The van der Waals surface area contributed by atoms with Crippen molar-refractivity contribution in [3.05, 3.63) is 106 Å². The van der Waals surface area contributed by atoms with Crippen molar-refractivity contribution in [2.45, 2.75) is 49.2 Å². The zero-order valence-corrected chi connectivity index (χ0v) is 29.9.